The number of amides is 1. The van der Waals surface area contributed by atoms with E-state index in [2.05, 4.69) is 12.2 Å². The zero-order valence-electron chi connectivity index (χ0n) is 32.8. The smallest absolute Gasteiger partial charge is 0.394 e. The van der Waals surface area contributed by atoms with Crippen LogP contribution >= 0.6 is 0 Å². The summed E-state index contributed by atoms with van der Waals surface area (Å²) >= 11 is 0. The van der Waals surface area contributed by atoms with Crippen LogP contribution in [0.1, 0.15) is 179 Å². The van der Waals surface area contributed by atoms with Crippen molar-refractivity contribution < 1.29 is 28.1 Å². The van der Waals surface area contributed by atoms with Crippen LogP contribution in [0.2, 0.25) is 0 Å². The molecule has 3 rings (SSSR count). The highest BCUT2D eigenvalue weighted by atomic mass is 19.2. The molecule has 51 heavy (non-hydrogen) atoms. The summed E-state index contributed by atoms with van der Waals surface area (Å²) in [5.74, 6) is -0.126. The average Bonchev–Trinajstić information content (AvgIpc) is 3.58. The fourth-order valence-corrected chi connectivity index (χ4v) is 8.13. The summed E-state index contributed by atoms with van der Waals surface area (Å²) < 4.78 is 34.0. The third-order valence-corrected chi connectivity index (χ3v) is 10.9. The quantitative estimate of drug-likeness (QED) is 0.0483. The van der Waals surface area contributed by atoms with E-state index in [0.29, 0.717) is 29.2 Å². The van der Waals surface area contributed by atoms with Crippen LogP contribution in [-0.4, -0.2) is 56.5 Å². The summed E-state index contributed by atoms with van der Waals surface area (Å²) in [6.45, 7) is 5.51. The lowest BCUT2D eigenvalue weighted by Crippen LogP contribution is -2.51. The SMILES string of the molecule is CCCCCCCCCCCCCC=CC(O)C(CO)NC(=O)CCCCCCCCCCC1=C2C(C)=CC(C)=[N+]2[B-](F)(F)n2c(C)cc(C)c21. The number of halogens is 2. The molecule has 0 aliphatic carbocycles. The Morgan fingerprint density at radius 3 is 2.00 bits per heavy atom. The number of aliphatic hydroxyl groups is 2. The molecule has 6 nitrogen and oxygen atoms in total. The lowest BCUT2D eigenvalue weighted by atomic mass is 9.84. The van der Waals surface area contributed by atoms with Gasteiger partial charge in [-0.15, -0.1) is 0 Å². The molecule has 9 heteroatoms. The largest absolute Gasteiger partial charge is 0.737 e. The van der Waals surface area contributed by atoms with Crippen molar-refractivity contribution in [2.45, 2.75) is 188 Å². The molecule has 0 bridgehead atoms. The maximum Gasteiger partial charge on any atom is 0.737 e. The zero-order valence-corrected chi connectivity index (χ0v) is 32.8. The van der Waals surface area contributed by atoms with Crippen LogP contribution in [0.15, 0.2) is 35.6 Å². The molecule has 2 aliphatic heterocycles. The summed E-state index contributed by atoms with van der Waals surface area (Å²) in [6.07, 6.45) is 29.3. The van der Waals surface area contributed by atoms with E-state index in [9.17, 15) is 15.0 Å². The molecule has 0 radical (unpaired) electrons. The molecule has 0 spiro atoms. The third kappa shape index (κ3) is 12.8. The van der Waals surface area contributed by atoms with Gasteiger partial charge in [0.05, 0.1) is 18.8 Å². The predicted molar refractivity (Wildman–Crippen MR) is 210 cm³/mol. The van der Waals surface area contributed by atoms with Gasteiger partial charge in [-0.1, -0.05) is 122 Å². The van der Waals surface area contributed by atoms with Crippen LogP contribution < -0.4 is 5.32 Å². The van der Waals surface area contributed by atoms with E-state index in [-0.39, 0.29) is 12.5 Å². The molecule has 0 fully saturated rings. The number of carbonyl (C=O) groups excluding carboxylic acids is 1. The topological polar surface area (TPSA) is 77.5 Å². The van der Waals surface area contributed by atoms with Gasteiger partial charge in [0.15, 0.2) is 5.70 Å². The molecule has 3 N–H and O–H groups in total. The molecule has 2 atom stereocenters. The molecule has 1 amide bonds. The highest BCUT2D eigenvalue weighted by Crippen LogP contribution is 2.43. The van der Waals surface area contributed by atoms with Crippen molar-refractivity contribution in [3.63, 3.8) is 0 Å². The number of aromatic nitrogens is 1. The minimum atomic E-state index is -3.91. The number of hydrogen-bond acceptors (Lipinski definition) is 3. The fraction of sp³-hybridized carbons (Fsp3) is 0.714. The van der Waals surface area contributed by atoms with Crippen molar-refractivity contribution in [1.29, 1.82) is 0 Å². The minimum Gasteiger partial charge on any atom is -0.394 e. The molecule has 0 aromatic carbocycles. The van der Waals surface area contributed by atoms with E-state index < -0.39 is 19.1 Å². The molecule has 3 heterocycles. The Bertz CT molecular complexity index is 1360. The van der Waals surface area contributed by atoms with Gasteiger partial charge in [-0.25, -0.2) is 0 Å². The Morgan fingerprint density at radius 2 is 1.41 bits per heavy atom. The van der Waals surface area contributed by atoms with Crippen LogP contribution in [0, 0.1) is 13.8 Å². The predicted octanol–water partition coefficient (Wildman–Crippen LogP) is 10.5. The Labute approximate surface area is 308 Å². The lowest BCUT2D eigenvalue weighted by molar-refractivity contribution is -0.363. The van der Waals surface area contributed by atoms with Gasteiger partial charge in [-0.3, -0.25) is 4.79 Å². The number of rotatable bonds is 27. The number of aryl methyl sites for hydroxylation is 2. The van der Waals surface area contributed by atoms with Crippen LogP contribution in [-0.2, 0) is 4.79 Å². The average molecular weight is 714 g/mol. The first kappa shape index (κ1) is 42.9. The number of fused-ring (bicyclic) bond motifs is 2. The summed E-state index contributed by atoms with van der Waals surface area (Å²) in [4.78, 5) is 12.5. The molecule has 1 aromatic heterocycles. The fourth-order valence-electron chi connectivity index (χ4n) is 8.13. The molecule has 2 unspecified atom stereocenters. The van der Waals surface area contributed by atoms with Gasteiger partial charge in [-0.2, -0.15) is 0 Å². The first-order valence-corrected chi connectivity index (χ1v) is 20.5. The number of hydrogen-bond donors (Lipinski definition) is 3. The second-order valence-electron chi connectivity index (χ2n) is 15.4. The van der Waals surface area contributed by atoms with Crippen LogP contribution in [0.3, 0.4) is 0 Å². The highest BCUT2D eigenvalue weighted by molar-refractivity contribution is 6.58. The van der Waals surface area contributed by atoms with Crippen LogP contribution in [0.25, 0.3) is 5.57 Å². The molecule has 0 saturated heterocycles. The number of allylic oxidation sites excluding steroid dienone is 4. The Hall–Kier alpha value is -2.52. The van der Waals surface area contributed by atoms with Gasteiger partial charge in [0.1, 0.15) is 5.71 Å². The van der Waals surface area contributed by atoms with E-state index in [1.807, 2.05) is 32.1 Å². The Balaban J connectivity index is 1.24. The van der Waals surface area contributed by atoms with E-state index in [4.69, 9.17) is 0 Å². The molecule has 1 aromatic rings. The second kappa shape index (κ2) is 22.5. The number of nitrogens with zero attached hydrogens (tertiary/aromatic N) is 2. The first-order valence-electron chi connectivity index (χ1n) is 20.5. The Kier molecular flexibility index (Phi) is 18.9. The van der Waals surface area contributed by atoms with Crippen molar-refractivity contribution in [2.75, 3.05) is 6.61 Å². The summed E-state index contributed by atoms with van der Waals surface area (Å²) in [7, 11) is 0. The van der Waals surface area contributed by atoms with E-state index in [1.165, 1.54) is 73.2 Å². The standard InChI is InChI=1S/C42H70BF2N3O3/c1-6-7-8-9-10-11-12-13-14-15-19-22-25-28-39(50)38(32-49)46-40(51)29-26-23-20-17-16-18-21-24-27-37-41-33(2)30-35(4)47(41)43(44,45)48-36(5)31-34(3)42(37)48/h25,28,30-31,38-39,49-50H,6-24,26-27,29,32H2,1-5H3,(H,46,51). The number of unbranched alkanes of at least 4 members (excludes halogenated alkanes) is 18. The maximum absolute atomic E-state index is 15.7. The van der Waals surface area contributed by atoms with Crippen molar-refractivity contribution in [1.82, 2.24) is 9.79 Å². The van der Waals surface area contributed by atoms with Crippen molar-refractivity contribution in [3.05, 3.63) is 52.5 Å². The van der Waals surface area contributed by atoms with Gasteiger partial charge in [0.2, 0.25) is 5.91 Å². The van der Waals surface area contributed by atoms with Crippen molar-refractivity contribution in [3.8, 4) is 0 Å². The molecule has 2 aliphatic rings. The first-order chi connectivity index (χ1) is 24.5. The second-order valence-corrected chi connectivity index (χ2v) is 15.4. The third-order valence-electron chi connectivity index (χ3n) is 10.9. The normalized spacial score (nSPS) is 16.5. The lowest BCUT2D eigenvalue weighted by Gasteiger charge is -2.34. The van der Waals surface area contributed by atoms with Gasteiger partial charge in [0, 0.05) is 36.3 Å². The van der Waals surface area contributed by atoms with E-state index in [0.717, 1.165) is 87.3 Å². The van der Waals surface area contributed by atoms with Gasteiger partial charge >= 0.3 is 6.97 Å². The van der Waals surface area contributed by atoms with E-state index in [1.54, 1.807) is 19.9 Å². The minimum absolute atomic E-state index is 0.126. The molecule has 0 saturated carbocycles. The molecular weight excluding hydrogens is 643 g/mol. The molecule has 288 valence electrons. The molecular formula is C42H70BF2N3O3. The highest BCUT2D eigenvalue weighted by Gasteiger charge is 2.54. The van der Waals surface area contributed by atoms with Gasteiger partial charge in [-0.05, 0) is 70.2 Å². The van der Waals surface area contributed by atoms with Crippen molar-refractivity contribution >= 4 is 24.2 Å². The summed E-state index contributed by atoms with van der Waals surface area (Å²) in [5, 5.41) is 23.0. The van der Waals surface area contributed by atoms with Crippen LogP contribution in [0.5, 0.6) is 0 Å². The van der Waals surface area contributed by atoms with Crippen molar-refractivity contribution in [2.24, 2.45) is 0 Å². The number of aliphatic hydroxyl groups excluding tert-OH is 2. The van der Waals surface area contributed by atoms with E-state index >= 15 is 8.63 Å². The van der Waals surface area contributed by atoms with Gasteiger partial charge < -0.3 is 33.1 Å². The summed E-state index contributed by atoms with van der Waals surface area (Å²) in [6, 6.07) is 1.21. The van der Waals surface area contributed by atoms with Gasteiger partial charge in [0.25, 0.3) is 0 Å². The zero-order chi connectivity index (χ0) is 37.2. The number of nitrogens with one attached hydrogen (secondary N) is 1. The number of carbonyl (C=O) groups is 1. The summed E-state index contributed by atoms with van der Waals surface area (Å²) in [5.41, 5.74) is 5.54. The maximum atomic E-state index is 15.7. The van der Waals surface area contributed by atoms with Crippen LogP contribution in [0.4, 0.5) is 8.63 Å². The Morgan fingerprint density at radius 1 is 0.863 bits per heavy atom. The monoisotopic (exact) mass is 714 g/mol.